The van der Waals surface area contributed by atoms with Gasteiger partial charge in [-0.3, -0.25) is 4.98 Å². The first-order chi connectivity index (χ1) is 9.20. The second-order valence-corrected chi connectivity index (χ2v) is 3.99. The predicted octanol–water partition coefficient (Wildman–Crippen LogP) is 1.73. The minimum atomic E-state index is -0.339. The van der Waals surface area contributed by atoms with Crippen LogP contribution in [0, 0.1) is 17.1 Å². The summed E-state index contributed by atoms with van der Waals surface area (Å²) >= 11 is 0. The van der Waals surface area contributed by atoms with Crippen molar-refractivity contribution in [3.05, 3.63) is 53.4 Å². The summed E-state index contributed by atoms with van der Waals surface area (Å²) in [6.07, 6.45) is 1.55. The summed E-state index contributed by atoms with van der Waals surface area (Å²) in [6.45, 7) is 2.25. The fraction of sp³-hybridized carbons (Fsp3) is 0.231. The van der Waals surface area contributed by atoms with Crippen molar-refractivity contribution in [2.75, 3.05) is 0 Å². The van der Waals surface area contributed by atoms with E-state index in [1.165, 1.54) is 6.07 Å². The van der Waals surface area contributed by atoms with E-state index < -0.39 is 0 Å². The van der Waals surface area contributed by atoms with Gasteiger partial charge in [0.15, 0.2) is 5.69 Å². The molecule has 1 atom stereocenters. The third-order valence-electron chi connectivity index (χ3n) is 2.62. The molecule has 0 spiro atoms. The van der Waals surface area contributed by atoms with E-state index in [9.17, 15) is 4.39 Å². The Kier molecular flexibility index (Phi) is 4.11. The van der Waals surface area contributed by atoms with Gasteiger partial charge in [-0.2, -0.15) is 10.4 Å². The van der Waals surface area contributed by atoms with E-state index in [-0.39, 0.29) is 17.6 Å². The second kappa shape index (κ2) is 5.98. The van der Waals surface area contributed by atoms with Gasteiger partial charge in [-0.05, 0) is 31.2 Å². The fourth-order valence-corrected chi connectivity index (χ4v) is 1.58. The van der Waals surface area contributed by atoms with Gasteiger partial charge in [0.25, 0.3) is 0 Å². The Hall–Kier alpha value is -2.39. The fourth-order valence-electron chi connectivity index (χ4n) is 1.58. The van der Waals surface area contributed by atoms with Crippen molar-refractivity contribution in [3.63, 3.8) is 0 Å². The molecule has 2 aromatic rings. The molecule has 96 valence electrons. The van der Waals surface area contributed by atoms with Gasteiger partial charge in [0.1, 0.15) is 11.9 Å². The van der Waals surface area contributed by atoms with Crippen LogP contribution in [-0.4, -0.2) is 15.2 Å². The van der Waals surface area contributed by atoms with Crippen LogP contribution < -0.4 is 5.32 Å². The molecule has 5 nitrogen and oxygen atoms in total. The van der Waals surface area contributed by atoms with Gasteiger partial charge in [0, 0.05) is 18.8 Å². The monoisotopic (exact) mass is 257 g/mol. The molecule has 1 N–H and O–H groups in total. The summed E-state index contributed by atoms with van der Waals surface area (Å²) in [6, 6.07) is 7.89. The van der Waals surface area contributed by atoms with Crippen LogP contribution in [0.1, 0.15) is 30.0 Å². The maximum absolute atomic E-state index is 13.5. The van der Waals surface area contributed by atoms with Crippen molar-refractivity contribution in [1.82, 2.24) is 20.5 Å². The van der Waals surface area contributed by atoms with Crippen LogP contribution in [0.4, 0.5) is 4.39 Å². The molecule has 0 bridgehead atoms. The number of nitriles is 1. The molecule has 0 radical (unpaired) electrons. The van der Waals surface area contributed by atoms with Crippen LogP contribution >= 0.6 is 0 Å². The third-order valence-corrected chi connectivity index (χ3v) is 2.62. The topological polar surface area (TPSA) is 74.5 Å². The van der Waals surface area contributed by atoms with Gasteiger partial charge >= 0.3 is 0 Å². The molecule has 0 aliphatic heterocycles. The van der Waals surface area contributed by atoms with E-state index in [0.29, 0.717) is 17.9 Å². The first-order valence-electron chi connectivity index (χ1n) is 5.77. The smallest absolute Gasteiger partial charge is 0.163 e. The molecule has 2 rings (SSSR count). The van der Waals surface area contributed by atoms with Crippen LogP contribution in [0.15, 0.2) is 30.5 Å². The lowest BCUT2D eigenvalue weighted by atomic mass is 10.2. The Bertz CT molecular complexity index is 591. The van der Waals surface area contributed by atoms with E-state index in [0.717, 1.165) is 0 Å². The number of hydrogen-bond donors (Lipinski definition) is 1. The number of hydrogen-bond acceptors (Lipinski definition) is 5. The molecule has 0 amide bonds. The summed E-state index contributed by atoms with van der Waals surface area (Å²) in [7, 11) is 0. The van der Waals surface area contributed by atoms with Gasteiger partial charge in [-0.1, -0.05) is 0 Å². The molecule has 2 heterocycles. The Morgan fingerprint density at radius 2 is 2.21 bits per heavy atom. The van der Waals surface area contributed by atoms with Gasteiger partial charge in [0.05, 0.1) is 11.4 Å². The zero-order valence-electron chi connectivity index (χ0n) is 10.3. The lowest BCUT2D eigenvalue weighted by Crippen LogP contribution is -2.21. The molecule has 0 aliphatic rings. The zero-order chi connectivity index (χ0) is 13.7. The molecule has 0 saturated heterocycles. The molecule has 1 unspecified atom stereocenters. The third kappa shape index (κ3) is 3.30. The minimum absolute atomic E-state index is 0.237. The maximum atomic E-state index is 13.5. The van der Waals surface area contributed by atoms with E-state index in [1.807, 2.05) is 13.0 Å². The van der Waals surface area contributed by atoms with Crippen molar-refractivity contribution in [3.8, 4) is 6.07 Å². The van der Waals surface area contributed by atoms with Gasteiger partial charge in [0.2, 0.25) is 0 Å². The van der Waals surface area contributed by atoms with Crippen molar-refractivity contribution in [2.45, 2.75) is 19.5 Å². The standard InChI is InChI=1S/C13H12FN5/c1-9(13-12(14)3-2-6-16-13)17-8-11-5-4-10(7-15)18-19-11/h2-6,9,17H,8H2,1H3. The van der Waals surface area contributed by atoms with Crippen LogP contribution in [0.5, 0.6) is 0 Å². The molecule has 2 aromatic heterocycles. The molecular weight excluding hydrogens is 245 g/mol. The first kappa shape index (κ1) is 13.1. The SMILES string of the molecule is CC(NCc1ccc(C#N)nn1)c1ncccc1F. The van der Waals surface area contributed by atoms with Gasteiger partial charge in [-0.15, -0.1) is 5.10 Å². The molecule has 0 aromatic carbocycles. The van der Waals surface area contributed by atoms with E-state index in [1.54, 1.807) is 24.4 Å². The zero-order valence-corrected chi connectivity index (χ0v) is 10.3. The van der Waals surface area contributed by atoms with Crippen molar-refractivity contribution in [2.24, 2.45) is 0 Å². The van der Waals surface area contributed by atoms with E-state index in [2.05, 4.69) is 20.5 Å². The van der Waals surface area contributed by atoms with E-state index in [4.69, 9.17) is 5.26 Å². The predicted molar refractivity (Wildman–Crippen MR) is 66.2 cm³/mol. The number of pyridine rings is 1. The molecule has 0 saturated carbocycles. The van der Waals surface area contributed by atoms with Crippen LogP contribution in [0.25, 0.3) is 0 Å². The lowest BCUT2D eigenvalue weighted by Gasteiger charge is -2.13. The largest absolute Gasteiger partial charge is 0.303 e. The normalized spacial score (nSPS) is 11.8. The van der Waals surface area contributed by atoms with Crippen molar-refractivity contribution in [1.29, 1.82) is 5.26 Å². The van der Waals surface area contributed by atoms with Crippen molar-refractivity contribution < 1.29 is 4.39 Å². The number of halogens is 1. The number of rotatable bonds is 4. The average Bonchev–Trinajstić information content (AvgIpc) is 2.46. The summed E-state index contributed by atoms with van der Waals surface area (Å²) in [5, 5.41) is 19.3. The van der Waals surface area contributed by atoms with Crippen LogP contribution in [0.2, 0.25) is 0 Å². The second-order valence-electron chi connectivity index (χ2n) is 3.99. The van der Waals surface area contributed by atoms with Crippen molar-refractivity contribution >= 4 is 0 Å². The van der Waals surface area contributed by atoms with Crippen LogP contribution in [0.3, 0.4) is 0 Å². The average molecular weight is 257 g/mol. The molecule has 6 heteroatoms. The molecular formula is C13H12FN5. The summed E-state index contributed by atoms with van der Waals surface area (Å²) in [4.78, 5) is 4.00. The first-order valence-corrected chi connectivity index (χ1v) is 5.77. The number of nitrogens with zero attached hydrogens (tertiary/aromatic N) is 4. The van der Waals surface area contributed by atoms with Crippen LogP contribution in [-0.2, 0) is 6.54 Å². The number of aromatic nitrogens is 3. The highest BCUT2D eigenvalue weighted by molar-refractivity contribution is 5.19. The Morgan fingerprint density at radius 3 is 2.84 bits per heavy atom. The highest BCUT2D eigenvalue weighted by Gasteiger charge is 2.11. The molecule has 19 heavy (non-hydrogen) atoms. The Balaban J connectivity index is 1.98. The summed E-state index contributed by atoms with van der Waals surface area (Å²) in [5.41, 5.74) is 1.32. The van der Waals surface area contributed by atoms with Gasteiger partial charge < -0.3 is 5.32 Å². The quantitative estimate of drug-likeness (QED) is 0.902. The molecule has 0 aliphatic carbocycles. The molecule has 0 fully saturated rings. The highest BCUT2D eigenvalue weighted by atomic mass is 19.1. The minimum Gasteiger partial charge on any atom is -0.303 e. The van der Waals surface area contributed by atoms with Gasteiger partial charge in [-0.25, -0.2) is 4.39 Å². The Morgan fingerprint density at radius 1 is 1.37 bits per heavy atom. The lowest BCUT2D eigenvalue weighted by molar-refractivity contribution is 0.507. The van der Waals surface area contributed by atoms with E-state index >= 15 is 0 Å². The number of nitrogens with one attached hydrogen (secondary N) is 1. The maximum Gasteiger partial charge on any atom is 0.163 e. The highest BCUT2D eigenvalue weighted by Crippen LogP contribution is 2.13. The summed E-state index contributed by atoms with van der Waals surface area (Å²) in [5.74, 6) is -0.339. The summed E-state index contributed by atoms with van der Waals surface area (Å²) < 4.78 is 13.5. The Labute approximate surface area is 110 Å².